The molecule has 0 amide bonds. The third-order valence-electron chi connectivity index (χ3n) is 3.57. The third-order valence-corrected chi connectivity index (χ3v) is 3.57. The zero-order valence-corrected chi connectivity index (χ0v) is 11.0. The van der Waals surface area contributed by atoms with Crippen LogP contribution in [0.4, 0.5) is 5.69 Å². The van der Waals surface area contributed by atoms with E-state index in [9.17, 15) is 0 Å². The van der Waals surface area contributed by atoms with Crippen molar-refractivity contribution < 1.29 is 9.15 Å². The van der Waals surface area contributed by atoms with Crippen LogP contribution in [0.1, 0.15) is 24.2 Å². The molecule has 3 nitrogen and oxygen atoms in total. The Balaban J connectivity index is 1.88. The number of nitrogens with one attached hydrogen (secondary N) is 1. The van der Waals surface area contributed by atoms with Crippen molar-refractivity contribution in [2.45, 2.75) is 32.7 Å². The first-order valence-corrected chi connectivity index (χ1v) is 6.57. The summed E-state index contributed by atoms with van der Waals surface area (Å²) in [7, 11) is 0. The normalized spacial score (nSPS) is 17.2. The van der Waals surface area contributed by atoms with Crippen LogP contribution in [-0.4, -0.2) is 19.3 Å². The van der Waals surface area contributed by atoms with Crippen LogP contribution in [0.15, 0.2) is 22.6 Å². The van der Waals surface area contributed by atoms with Crippen LogP contribution in [0.25, 0.3) is 11.0 Å². The Labute approximate surface area is 107 Å². The first-order valence-electron chi connectivity index (χ1n) is 6.57. The predicted molar refractivity (Wildman–Crippen MR) is 73.2 cm³/mol. The molecule has 0 spiro atoms. The van der Waals surface area contributed by atoms with E-state index < -0.39 is 0 Å². The third kappa shape index (κ3) is 2.23. The monoisotopic (exact) mass is 245 g/mol. The molecule has 1 aliphatic heterocycles. The lowest BCUT2D eigenvalue weighted by atomic mass is 10.1. The average molecular weight is 245 g/mol. The number of hydrogen-bond acceptors (Lipinski definition) is 3. The minimum absolute atomic E-state index is 0.519. The largest absolute Gasteiger partial charge is 0.461 e. The number of fused-ring (bicyclic) bond motifs is 1. The number of aryl methyl sites for hydroxylation is 2. The van der Waals surface area contributed by atoms with Crippen LogP contribution >= 0.6 is 0 Å². The summed E-state index contributed by atoms with van der Waals surface area (Å²) >= 11 is 0. The highest BCUT2D eigenvalue weighted by Crippen LogP contribution is 2.27. The molecule has 96 valence electrons. The molecule has 0 saturated carbocycles. The quantitative estimate of drug-likeness (QED) is 0.877. The van der Waals surface area contributed by atoms with Gasteiger partial charge >= 0.3 is 0 Å². The van der Waals surface area contributed by atoms with Gasteiger partial charge in [-0.25, -0.2) is 0 Å². The van der Waals surface area contributed by atoms with Gasteiger partial charge in [-0.05, 0) is 44.4 Å². The van der Waals surface area contributed by atoms with Crippen LogP contribution in [0.5, 0.6) is 0 Å². The summed E-state index contributed by atoms with van der Waals surface area (Å²) in [6, 6.07) is 6.91. The van der Waals surface area contributed by atoms with Gasteiger partial charge in [-0.3, -0.25) is 0 Å². The van der Waals surface area contributed by atoms with Crippen molar-refractivity contribution in [3.05, 3.63) is 29.5 Å². The van der Waals surface area contributed by atoms with Gasteiger partial charge in [0, 0.05) is 36.4 Å². The van der Waals surface area contributed by atoms with Gasteiger partial charge in [0.25, 0.3) is 0 Å². The zero-order valence-electron chi connectivity index (χ0n) is 11.0. The van der Waals surface area contributed by atoms with Gasteiger partial charge in [-0.1, -0.05) is 0 Å². The van der Waals surface area contributed by atoms with Gasteiger partial charge < -0.3 is 14.5 Å². The Kier molecular flexibility index (Phi) is 3.00. The summed E-state index contributed by atoms with van der Waals surface area (Å²) in [5.74, 6) is 0.965. The number of rotatable bonds is 2. The highest BCUT2D eigenvalue weighted by Gasteiger charge is 2.15. The smallest absolute Gasteiger partial charge is 0.136 e. The number of furan rings is 1. The SMILES string of the molecule is Cc1cc2cc(C)c(NC3CCOCC3)cc2o1. The van der Waals surface area contributed by atoms with Crippen molar-refractivity contribution in [1.29, 1.82) is 0 Å². The Morgan fingerprint density at radius 3 is 2.67 bits per heavy atom. The maximum absolute atomic E-state index is 5.69. The fourth-order valence-corrected chi connectivity index (χ4v) is 2.55. The van der Waals surface area contributed by atoms with Crippen LogP contribution in [-0.2, 0) is 4.74 Å². The Morgan fingerprint density at radius 1 is 1.11 bits per heavy atom. The van der Waals surface area contributed by atoms with Crippen molar-refractivity contribution in [2.24, 2.45) is 0 Å². The molecule has 2 aromatic rings. The van der Waals surface area contributed by atoms with Crippen molar-refractivity contribution in [3.8, 4) is 0 Å². The summed E-state index contributed by atoms with van der Waals surface area (Å²) in [5, 5.41) is 4.79. The van der Waals surface area contributed by atoms with E-state index in [1.165, 1.54) is 16.6 Å². The minimum Gasteiger partial charge on any atom is -0.461 e. The van der Waals surface area contributed by atoms with Gasteiger partial charge in [0.2, 0.25) is 0 Å². The topological polar surface area (TPSA) is 34.4 Å². The predicted octanol–water partition coefficient (Wildman–Crippen LogP) is 3.64. The van der Waals surface area contributed by atoms with Crippen LogP contribution in [0.3, 0.4) is 0 Å². The van der Waals surface area contributed by atoms with Crippen molar-refractivity contribution in [2.75, 3.05) is 18.5 Å². The lowest BCUT2D eigenvalue weighted by Crippen LogP contribution is -2.28. The van der Waals surface area contributed by atoms with Gasteiger partial charge in [-0.2, -0.15) is 0 Å². The molecule has 1 saturated heterocycles. The summed E-state index contributed by atoms with van der Waals surface area (Å²) in [4.78, 5) is 0. The van der Waals surface area contributed by atoms with Gasteiger partial charge in [0.05, 0.1) is 0 Å². The molecule has 0 atom stereocenters. The first-order chi connectivity index (χ1) is 8.72. The lowest BCUT2D eigenvalue weighted by Gasteiger charge is -2.25. The van der Waals surface area contributed by atoms with E-state index in [-0.39, 0.29) is 0 Å². The number of benzene rings is 1. The van der Waals surface area contributed by atoms with Crippen molar-refractivity contribution >= 4 is 16.7 Å². The molecule has 1 aromatic heterocycles. The van der Waals surface area contributed by atoms with Gasteiger partial charge in [0.15, 0.2) is 0 Å². The van der Waals surface area contributed by atoms with Gasteiger partial charge in [0.1, 0.15) is 11.3 Å². The first kappa shape index (κ1) is 11.6. The molecule has 1 fully saturated rings. The second-order valence-electron chi connectivity index (χ2n) is 5.09. The average Bonchev–Trinajstić information content (AvgIpc) is 2.70. The summed E-state index contributed by atoms with van der Waals surface area (Å²) < 4.78 is 11.1. The summed E-state index contributed by atoms with van der Waals surface area (Å²) in [6.07, 6.45) is 2.16. The Bertz CT molecular complexity index is 553. The van der Waals surface area contributed by atoms with E-state index in [2.05, 4.69) is 30.4 Å². The number of hydrogen-bond donors (Lipinski definition) is 1. The molecule has 0 unspecified atom stereocenters. The molecule has 3 rings (SSSR count). The second kappa shape index (κ2) is 4.65. The van der Waals surface area contributed by atoms with E-state index >= 15 is 0 Å². The van der Waals surface area contributed by atoms with Crippen molar-refractivity contribution in [1.82, 2.24) is 0 Å². The molecule has 0 radical (unpaired) electrons. The Morgan fingerprint density at radius 2 is 1.89 bits per heavy atom. The second-order valence-corrected chi connectivity index (χ2v) is 5.09. The van der Waals surface area contributed by atoms with Crippen LogP contribution < -0.4 is 5.32 Å². The molecule has 1 aliphatic rings. The molecular weight excluding hydrogens is 226 g/mol. The van der Waals surface area contributed by atoms with Crippen LogP contribution in [0.2, 0.25) is 0 Å². The standard InChI is InChI=1S/C15H19NO2/c1-10-7-12-8-11(2)18-15(12)9-14(10)16-13-3-5-17-6-4-13/h7-9,13,16H,3-6H2,1-2H3. The van der Waals surface area contributed by atoms with E-state index in [4.69, 9.17) is 9.15 Å². The molecular formula is C15H19NO2. The van der Waals surface area contributed by atoms with Gasteiger partial charge in [-0.15, -0.1) is 0 Å². The lowest BCUT2D eigenvalue weighted by molar-refractivity contribution is 0.0904. The Hall–Kier alpha value is -1.48. The molecule has 18 heavy (non-hydrogen) atoms. The summed E-state index contributed by atoms with van der Waals surface area (Å²) in [5.41, 5.74) is 3.42. The number of anilines is 1. The van der Waals surface area contributed by atoms with Crippen molar-refractivity contribution in [3.63, 3.8) is 0 Å². The maximum atomic E-state index is 5.69. The molecule has 0 bridgehead atoms. The fraction of sp³-hybridized carbons (Fsp3) is 0.467. The highest BCUT2D eigenvalue weighted by atomic mass is 16.5. The van der Waals surface area contributed by atoms with Crippen LogP contribution in [0, 0.1) is 13.8 Å². The minimum atomic E-state index is 0.519. The molecule has 0 aliphatic carbocycles. The maximum Gasteiger partial charge on any atom is 0.136 e. The molecule has 1 N–H and O–H groups in total. The van der Waals surface area contributed by atoms with E-state index in [0.717, 1.165) is 37.4 Å². The summed E-state index contributed by atoms with van der Waals surface area (Å²) in [6.45, 7) is 5.85. The molecule has 2 heterocycles. The highest BCUT2D eigenvalue weighted by molar-refractivity contribution is 5.83. The van der Waals surface area contributed by atoms with E-state index in [1.54, 1.807) is 0 Å². The zero-order chi connectivity index (χ0) is 12.5. The number of ether oxygens (including phenoxy) is 1. The van der Waals surface area contributed by atoms with E-state index in [0.29, 0.717) is 6.04 Å². The fourth-order valence-electron chi connectivity index (χ4n) is 2.55. The van der Waals surface area contributed by atoms with E-state index in [1.807, 2.05) is 6.92 Å². The molecule has 3 heteroatoms. The molecule has 1 aromatic carbocycles.